The molecule has 5 rings (SSSR count). The lowest BCUT2D eigenvalue weighted by molar-refractivity contribution is 0.590. The zero-order valence-electron chi connectivity index (χ0n) is 15.6. The molecule has 3 heterocycles. The molecular weight excluding hydrogens is 332 g/mol. The van der Waals surface area contributed by atoms with E-state index in [-0.39, 0.29) is 5.41 Å². The van der Waals surface area contributed by atoms with Crippen molar-refractivity contribution in [2.45, 2.75) is 26.2 Å². The molecule has 132 valence electrons. The molecule has 2 aromatic heterocycles. The second-order valence-corrected chi connectivity index (χ2v) is 7.94. The number of fused-ring (bicyclic) bond motifs is 2. The van der Waals surface area contributed by atoms with Gasteiger partial charge in [0.15, 0.2) is 0 Å². The van der Waals surface area contributed by atoms with Crippen LogP contribution in [0.4, 0.5) is 5.69 Å². The first-order chi connectivity index (χ1) is 13.0. The minimum Gasteiger partial charge on any atom is -0.247 e. The van der Waals surface area contributed by atoms with E-state index < -0.39 is 0 Å². The van der Waals surface area contributed by atoms with Gasteiger partial charge in [-0.2, -0.15) is 5.10 Å². The Morgan fingerprint density at radius 1 is 0.852 bits per heavy atom. The maximum atomic E-state index is 5.05. The van der Waals surface area contributed by atoms with Gasteiger partial charge in [-0.3, -0.25) is 0 Å². The van der Waals surface area contributed by atoms with E-state index in [4.69, 9.17) is 4.99 Å². The van der Waals surface area contributed by atoms with Crippen LogP contribution >= 0.6 is 0 Å². The third-order valence-corrected chi connectivity index (χ3v) is 5.12. The standard InChI is InChI=1S/C23H20N4/c1-23(2,3)16-10-8-15(9-11-16)20-18-12-13-27-22(18)21(24-14-25-27)17-6-4-5-7-19(17)26-20/h4-14H,1-3H3. The van der Waals surface area contributed by atoms with Crippen molar-refractivity contribution < 1.29 is 0 Å². The molecule has 0 saturated carbocycles. The SMILES string of the molecule is CC(C)(C)c1ccc(C2=Nc3ccccc3-c3ncnn4ccc2c34)cc1. The van der Waals surface area contributed by atoms with Crippen molar-refractivity contribution in [2.24, 2.45) is 4.99 Å². The number of benzene rings is 2. The summed E-state index contributed by atoms with van der Waals surface area (Å²) in [5.41, 5.74) is 8.45. The fourth-order valence-electron chi connectivity index (χ4n) is 3.64. The molecule has 0 spiro atoms. The van der Waals surface area contributed by atoms with Crippen LogP contribution in [0.15, 0.2) is 72.1 Å². The third kappa shape index (κ3) is 2.48. The first-order valence-electron chi connectivity index (χ1n) is 9.14. The smallest absolute Gasteiger partial charge is 0.137 e. The van der Waals surface area contributed by atoms with Crippen LogP contribution in [-0.2, 0) is 5.41 Å². The van der Waals surface area contributed by atoms with E-state index in [1.807, 2.05) is 28.9 Å². The minimum atomic E-state index is 0.125. The van der Waals surface area contributed by atoms with Crippen LogP contribution in [0.1, 0.15) is 37.5 Å². The van der Waals surface area contributed by atoms with Gasteiger partial charge in [-0.25, -0.2) is 14.5 Å². The lowest BCUT2D eigenvalue weighted by Gasteiger charge is -2.19. The molecule has 4 nitrogen and oxygen atoms in total. The van der Waals surface area contributed by atoms with Gasteiger partial charge in [0.2, 0.25) is 0 Å². The van der Waals surface area contributed by atoms with Gasteiger partial charge in [0.25, 0.3) is 0 Å². The molecule has 0 amide bonds. The molecule has 4 heteroatoms. The van der Waals surface area contributed by atoms with Crippen LogP contribution < -0.4 is 0 Å². The molecular formula is C23H20N4. The lowest BCUT2D eigenvalue weighted by Crippen LogP contribution is -2.11. The van der Waals surface area contributed by atoms with Gasteiger partial charge < -0.3 is 0 Å². The summed E-state index contributed by atoms with van der Waals surface area (Å²) >= 11 is 0. The van der Waals surface area contributed by atoms with Gasteiger partial charge in [0.05, 0.1) is 11.4 Å². The molecule has 0 fully saturated rings. The topological polar surface area (TPSA) is 42.5 Å². The fourth-order valence-corrected chi connectivity index (χ4v) is 3.64. The zero-order chi connectivity index (χ0) is 18.6. The lowest BCUT2D eigenvalue weighted by atomic mass is 9.86. The average molecular weight is 352 g/mol. The van der Waals surface area contributed by atoms with Crippen LogP contribution in [0.2, 0.25) is 0 Å². The molecule has 1 aliphatic heterocycles. The van der Waals surface area contributed by atoms with Crippen LogP contribution in [-0.4, -0.2) is 20.3 Å². The molecule has 4 aromatic rings. The molecule has 0 bridgehead atoms. The van der Waals surface area contributed by atoms with E-state index >= 15 is 0 Å². The van der Waals surface area contributed by atoms with Gasteiger partial charge in [-0.15, -0.1) is 0 Å². The Balaban J connectivity index is 1.78. The van der Waals surface area contributed by atoms with Crippen molar-refractivity contribution in [3.8, 4) is 11.3 Å². The Morgan fingerprint density at radius 3 is 2.41 bits per heavy atom. The van der Waals surface area contributed by atoms with Crippen molar-refractivity contribution in [1.29, 1.82) is 0 Å². The Bertz CT molecular complexity index is 1190. The molecule has 2 aromatic carbocycles. The van der Waals surface area contributed by atoms with E-state index in [1.54, 1.807) is 6.33 Å². The Morgan fingerprint density at radius 2 is 1.63 bits per heavy atom. The number of aliphatic imine (C=N–C) groups is 1. The molecule has 1 aliphatic rings. The number of rotatable bonds is 1. The minimum absolute atomic E-state index is 0.125. The fraction of sp³-hybridized carbons (Fsp3) is 0.174. The zero-order valence-corrected chi connectivity index (χ0v) is 15.6. The van der Waals surface area contributed by atoms with Crippen molar-refractivity contribution in [1.82, 2.24) is 14.6 Å². The molecule has 0 unspecified atom stereocenters. The first kappa shape index (κ1) is 15.9. The van der Waals surface area contributed by atoms with Crippen LogP contribution in [0.3, 0.4) is 0 Å². The van der Waals surface area contributed by atoms with Gasteiger partial charge in [-0.1, -0.05) is 63.2 Å². The predicted molar refractivity (Wildman–Crippen MR) is 109 cm³/mol. The molecule has 0 radical (unpaired) electrons. The van der Waals surface area contributed by atoms with Crippen molar-refractivity contribution in [2.75, 3.05) is 0 Å². The number of aromatic nitrogens is 3. The van der Waals surface area contributed by atoms with Crippen LogP contribution in [0.25, 0.3) is 16.8 Å². The number of hydrogen-bond acceptors (Lipinski definition) is 3. The average Bonchev–Trinajstić information content (AvgIpc) is 3.03. The van der Waals surface area contributed by atoms with Gasteiger partial charge in [0, 0.05) is 22.9 Å². The van der Waals surface area contributed by atoms with Crippen LogP contribution in [0, 0.1) is 0 Å². The normalized spacial score (nSPS) is 13.2. The second kappa shape index (κ2) is 5.61. The van der Waals surface area contributed by atoms with E-state index in [9.17, 15) is 0 Å². The van der Waals surface area contributed by atoms with E-state index in [0.717, 1.165) is 39.3 Å². The van der Waals surface area contributed by atoms with E-state index in [2.05, 4.69) is 67.3 Å². The number of para-hydroxylation sites is 1. The van der Waals surface area contributed by atoms with Gasteiger partial charge >= 0.3 is 0 Å². The van der Waals surface area contributed by atoms with E-state index in [0.29, 0.717) is 0 Å². The summed E-state index contributed by atoms with van der Waals surface area (Å²) in [5.74, 6) is 0. The maximum absolute atomic E-state index is 5.05. The molecule has 0 atom stereocenters. The van der Waals surface area contributed by atoms with E-state index in [1.165, 1.54) is 5.56 Å². The summed E-state index contributed by atoms with van der Waals surface area (Å²) in [6, 6.07) is 19.0. The van der Waals surface area contributed by atoms with Crippen molar-refractivity contribution >= 4 is 16.9 Å². The summed E-state index contributed by atoms with van der Waals surface area (Å²) in [7, 11) is 0. The third-order valence-electron chi connectivity index (χ3n) is 5.12. The van der Waals surface area contributed by atoms with Crippen molar-refractivity contribution in [3.05, 3.63) is 83.8 Å². The summed E-state index contributed by atoms with van der Waals surface area (Å²) in [6.07, 6.45) is 3.58. The Labute approximate surface area is 158 Å². The predicted octanol–water partition coefficient (Wildman–Crippen LogP) is 5.18. The molecule has 0 saturated heterocycles. The molecule has 0 N–H and O–H groups in total. The monoisotopic (exact) mass is 352 g/mol. The highest BCUT2D eigenvalue weighted by Crippen LogP contribution is 2.37. The van der Waals surface area contributed by atoms with Crippen molar-refractivity contribution in [3.63, 3.8) is 0 Å². The molecule has 0 aliphatic carbocycles. The summed E-state index contributed by atoms with van der Waals surface area (Å²) in [5, 5.41) is 4.38. The summed E-state index contributed by atoms with van der Waals surface area (Å²) in [4.78, 5) is 9.63. The largest absolute Gasteiger partial charge is 0.247 e. The van der Waals surface area contributed by atoms with Gasteiger partial charge in [-0.05, 0) is 23.1 Å². The highest BCUT2D eigenvalue weighted by molar-refractivity contribution is 6.20. The number of hydrogen-bond donors (Lipinski definition) is 0. The Hall–Kier alpha value is -3.27. The summed E-state index contributed by atoms with van der Waals surface area (Å²) in [6.45, 7) is 6.69. The highest BCUT2D eigenvalue weighted by atomic mass is 15.2. The number of nitrogens with zero attached hydrogens (tertiary/aromatic N) is 4. The Kier molecular flexibility index (Phi) is 3.31. The van der Waals surface area contributed by atoms with Crippen LogP contribution in [0.5, 0.6) is 0 Å². The van der Waals surface area contributed by atoms with Gasteiger partial charge in [0.1, 0.15) is 17.5 Å². The quantitative estimate of drug-likeness (QED) is 0.417. The highest BCUT2D eigenvalue weighted by Gasteiger charge is 2.23. The first-order valence-corrected chi connectivity index (χ1v) is 9.14. The maximum Gasteiger partial charge on any atom is 0.137 e. The summed E-state index contributed by atoms with van der Waals surface area (Å²) < 4.78 is 1.89. The molecule has 27 heavy (non-hydrogen) atoms. The second-order valence-electron chi connectivity index (χ2n) is 7.94.